The molecule has 5 nitrogen and oxygen atoms in total. The molecule has 0 saturated heterocycles. The summed E-state index contributed by atoms with van der Waals surface area (Å²) in [5.41, 5.74) is 0.987. The lowest BCUT2D eigenvalue weighted by molar-refractivity contribution is -0.155. The number of hydrogen-bond donors (Lipinski definition) is 1. The molecule has 0 atom stereocenters. The highest BCUT2D eigenvalue weighted by molar-refractivity contribution is 5.92. The zero-order valence-electron chi connectivity index (χ0n) is 11.8. The Labute approximate surface area is 113 Å². The van der Waals surface area contributed by atoms with Crippen LogP contribution in [-0.2, 0) is 14.3 Å². The SMILES string of the molecule is Cc1ccc(NC(=O)CCC(=O)OC(C)(C)C)cn1. The Morgan fingerprint density at radius 2 is 1.95 bits per heavy atom. The van der Waals surface area contributed by atoms with Crippen molar-refractivity contribution in [2.24, 2.45) is 0 Å². The number of aromatic nitrogens is 1. The number of esters is 1. The van der Waals surface area contributed by atoms with Gasteiger partial charge < -0.3 is 10.1 Å². The number of amides is 1. The molecule has 0 unspecified atom stereocenters. The Balaban J connectivity index is 2.36. The highest BCUT2D eigenvalue weighted by Gasteiger charge is 2.17. The number of aryl methyl sites for hydroxylation is 1. The first-order valence-corrected chi connectivity index (χ1v) is 6.20. The summed E-state index contributed by atoms with van der Waals surface area (Å²) in [6.07, 6.45) is 1.76. The molecule has 1 aromatic heterocycles. The predicted octanol–water partition coefficient (Wildman–Crippen LogP) is 2.45. The second-order valence-electron chi connectivity index (χ2n) is 5.32. The van der Waals surface area contributed by atoms with E-state index in [-0.39, 0.29) is 24.7 Å². The van der Waals surface area contributed by atoms with Crippen molar-refractivity contribution in [3.8, 4) is 0 Å². The van der Waals surface area contributed by atoms with Crippen molar-refractivity contribution in [2.75, 3.05) is 5.32 Å². The van der Waals surface area contributed by atoms with E-state index in [1.807, 2.05) is 13.0 Å². The molecule has 1 N–H and O–H groups in total. The molecule has 0 aliphatic heterocycles. The molecule has 0 aliphatic rings. The van der Waals surface area contributed by atoms with Gasteiger partial charge in [-0.1, -0.05) is 0 Å². The van der Waals surface area contributed by atoms with E-state index in [2.05, 4.69) is 10.3 Å². The van der Waals surface area contributed by atoms with Crippen LogP contribution < -0.4 is 5.32 Å². The first-order chi connectivity index (χ1) is 8.76. The fourth-order valence-electron chi connectivity index (χ4n) is 1.37. The van der Waals surface area contributed by atoms with Crippen LogP contribution in [0.4, 0.5) is 5.69 Å². The van der Waals surface area contributed by atoms with Crippen LogP contribution in [0.3, 0.4) is 0 Å². The highest BCUT2D eigenvalue weighted by Crippen LogP contribution is 2.10. The van der Waals surface area contributed by atoms with Crippen LogP contribution in [0.5, 0.6) is 0 Å². The topological polar surface area (TPSA) is 68.3 Å². The van der Waals surface area contributed by atoms with Gasteiger partial charge in [-0.25, -0.2) is 0 Å². The van der Waals surface area contributed by atoms with Gasteiger partial charge in [0.15, 0.2) is 0 Å². The standard InChI is InChI=1S/C14H20N2O3/c1-10-5-6-11(9-15-10)16-12(17)7-8-13(18)19-14(2,3)4/h5-6,9H,7-8H2,1-4H3,(H,16,17). The number of carbonyl (C=O) groups is 2. The van der Waals surface area contributed by atoms with Gasteiger partial charge in [-0.2, -0.15) is 0 Å². The molecule has 0 saturated carbocycles. The zero-order valence-corrected chi connectivity index (χ0v) is 11.8. The average Bonchev–Trinajstić information content (AvgIpc) is 2.27. The summed E-state index contributed by atoms with van der Waals surface area (Å²) in [5, 5.41) is 2.68. The quantitative estimate of drug-likeness (QED) is 0.848. The van der Waals surface area contributed by atoms with Gasteiger partial charge in [0.05, 0.1) is 18.3 Å². The van der Waals surface area contributed by atoms with E-state index >= 15 is 0 Å². The van der Waals surface area contributed by atoms with Crippen LogP contribution in [0.15, 0.2) is 18.3 Å². The molecule has 19 heavy (non-hydrogen) atoms. The lowest BCUT2D eigenvalue weighted by atomic mass is 10.2. The molecule has 5 heteroatoms. The monoisotopic (exact) mass is 264 g/mol. The second-order valence-corrected chi connectivity index (χ2v) is 5.32. The third-order valence-electron chi connectivity index (χ3n) is 2.17. The molecule has 0 spiro atoms. The number of nitrogens with zero attached hydrogens (tertiary/aromatic N) is 1. The Morgan fingerprint density at radius 1 is 1.26 bits per heavy atom. The number of hydrogen-bond acceptors (Lipinski definition) is 4. The third kappa shape index (κ3) is 6.55. The minimum absolute atomic E-state index is 0.0718. The summed E-state index contributed by atoms with van der Waals surface area (Å²) in [6, 6.07) is 3.58. The smallest absolute Gasteiger partial charge is 0.306 e. The molecule has 1 aromatic rings. The van der Waals surface area contributed by atoms with E-state index in [9.17, 15) is 9.59 Å². The maximum absolute atomic E-state index is 11.6. The van der Waals surface area contributed by atoms with Crippen molar-refractivity contribution in [1.82, 2.24) is 4.98 Å². The van der Waals surface area contributed by atoms with Crippen LogP contribution in [-0.4, -0.2) is 22.5 Å². The average molecular weight is 264 g/mol. The largest absolute Gasteiger partial charge is 0.460 e. The molecular formula is C14H20N2O3. The van der Waals surface area contributed by atoms with E-state index in [0.29, 0.717) is 5.69 Å². The number of ether oxygens (including phenoxy) is 1. The van der Waals surface area contributed by atoms with Crippen molar-refractivity contribution >= 4 is 17.6 Å². The summed E-state index contributed by atoms with van der Waals surface area (Å²) in [7, 11) is 0. The minimum atomic E-state index is -0.519. The van der Waals surface area contributed by atoms with Crippen LogP contribution in [0.2, 0.25) is 0 Å². The number of anilines is 1. The van der Waals surface area contributed by atoms with Crippen molar-refractivity contribution in [3.05, 3.63) is 24.0 Å². The van der Waals surface area contributed by atoms with Gasteiger partial charge in [-0.15, -0.1) is 0 Å². The van der Waals surface area contributed by atoms with Gasteiger partial charge >= 0.3 is 5.97 Å². The van der Waals surface area contributed by atoms with Crippen molar-refractivity contribution < 1.29 is 14.3 Å². The lowest BCUT2D eigenvalue weighted by Crippen LogP contribution is -2.24. The predicted molar refractivity (Wildman–Crippen MR) is 72.7 cm³/mol. The summed E-state index contributed by atoms with van der Waals surface area (Å²) in [4.78, 5) is 27.1. The second kappa shape index (κ2) is 6.31. The van der Waals surface area contributed by atoms with Crippen molar-refractivity contribution in [2.45, 2.75) is 46.1 Å². The molecule has 1 amide bonds. The first kappa shape index (κ1) is 15.1. The number of rotatable bonds is 4. The fraction of sp³-hybridized carbons (Fsp3) is 0.500. The fourth-order valence-corrected chi connectivity index (χ4v) is 1.37. The Bertz CT molecular complexity index is 447. The molecule has 0 fully saturated rings. The van der Waals surface area contributed by atoms with Crippen LogP contribution >= 0.6 is 0 Å². The Hall–Kier alpha value is -1.91. The third-order valence-corrected chi connectivity index (χ3v) is 2.17. The lowest BCUT2D eigenvalue weighted by Gasteiger charge is -2.19. The summed E-state index contributed by atoms with van der Waals surface area (Å²) < 4.78 is 5.12. The van der Waals surface area contributed by atoms with Crippen molar-refractivity contribution in [1.29, 1.82) is 0 Å². The molecule has 0 aliphatic carbocycles. The highest BCUT2D eigenvalue weighted by atomic mass is 16.6. The van der Waals surface area contributed by atoms with Crippen LogP contribution in [0.25, 0.3) is 0 Å². The maximum atomic E-state index is 11.6. The van der Waals surface area contributed by atoms with Crippen LogP contribution in [0, 0.1) is 6.92 Å². The molecule has 0 aromatic carbocycles. The van der Waals surface area contributed by atoms with Gasteiger partial charge in [-0.3, -0.25) is 14.6 Å². The van der Waals surface area contributed by atoms with Crippen LogP contribution in [0.1, 0.15) is 39.3 Å². The maximum Gasteiger partial charge on any atom is 0.306 e. The van der Waals surface area contributed by atoms with Gasteiger partial charge in [0.2, 0.25) is 5.91 Å². The zero-order chi connectivity index (χ0) is 14.5. The minimum Gasteiger partial charge on any atom is -0.460 e. The summed E-state index contributed by atoms with van der Waals surface area (Å²) >= 11 is 0. The van der Waals surface area contributed by atoms with E-state index in [0.717, 1.165) is 5.69 Å². The molecule has 104 valence electrons. The van der Waals surface area contributed by atoms with E-state index < -0.39 is 5.60 Å². The number of carbonyl (C=O) groups excluding carboxylic acids is 2. The van der Waals surface area contributed by atoms with E-state index in [1.54, 1.807) is 33.0 Å². The molecular weight excluding hydrogens is 244 g/mol. The van der Waals surface area contributed by atoms with Gasteiger partial charge in [-0.05, 0) is 39.8 Å². The number of nitrogens with one attached hydrogen (secondary N) is 1. The summed E-state index contributed by atoms with van der Waals surface area (Å²) in [6.45, 7) is 7.25. The number of pyridine rings is 1. The van der Waals surface area contributed by atoms with E-state index in [1.165, 1.54) is 0 Å². The van der Waals surface area contributed by atoms with E-state index in [4.69, 9.17) is 4.74 Å². The van der Waals surface area contributed by atoms with Crippen molar-refractivity contribution in [3.63, 3.8) is 0 Å². The Kier molecular flexibility index (Phi) is 5.03. The van der Waals surface area contributed by atoms with Gasteiger partial charge in [0, 0.05) is 12.1 Å². The van der Waals surface area contributed by atoms with Gasteiger partial charge in [0.1, 0.15) is 5.60 Å². The molecule has 0 bridgehead atoms. The van der Waals surface area contributed by atoms with Gasteiger partial charge in [0.25, 0.3) is 0 Å². The normalized spacial score (nSPS) is 10.9. The molecule has 1 heterocycles. The molecule has 0 radical (unpaired) electrons. The molecule has 1 rings (SSSR count). The Morgan fingerprint density at radius 3 is 2.47 bits per heavy atom. The summed E-state index contributed by atoms with van der Waals surface area (Å²) in [5.74, 6) is -0.596. The first-order valence-electron chi connectivity index (χ1n) is 6.20.